The van der Waals surface area contributed by atoms with Gasteiger partial charge < -0.3 is 15.1 Å². The molecule has 0 aromatic heterocycles. The van der Waals surface area contributed by atoms with E-state index in [1.807, 2.05) is 31.2 Å². The molecule has 1 heterocycles. The van der Waals surface area contributed by atoms with E-state index in [9.17, 15) is 4.79 Å². The lowest BCUT2D eigenvalue weighted by Gasteiger charge is -2.34. The fourth-order valence-electron chi connectivity index (χ4n) is 2.91. The number of piperazine rings is 1. The summed E-state index contributed by atoms with van der Waals surface area (Å²) in [5.41, 5.74) is 2.05. The number of carbonyl (C=O) groups excluding carboxylic acids is 1. The highest BCUT2D eigenvalue weighted by atomic mass is 16.2. The highest BCUT2D eigenvalue weighted by Crippen LogP contribution is 2.10. The Hall–Kier alpha value is -1.43. The van der Waals surface area contributed by atoms with Crippen LogP contribution in [0, 0.1) is 6.92 Å². The normalized spacial score (nSPS) is 16.7. The van der Waals surface area contributed by atoms with Crippen LogP contribution in [-0.2, 0) is 4.79 Å². The highest BCUT2D eigenvalue weighted by Gasteiger charge is 2.18. The number of aryl methyl sites for hydroxylation is 1. The van der Waals surface area contributed by atoms with Crippen molar-refractivity contribution in [1.29, 1.82) is 0 Å². The quantitative estimate of drug-likeness (QED) is 0.827. The minimum atomic E-state index is 0.0802. The molecule has 0 saturated carbocycles. The summed E-state index contributed by atoms with van der Waals surface area (Å²) in [6.07, 6.45) is 1.21. The summed E-state index contributed by atoms with van der Waals surface area (Å²) < 4.78 is 0. The first kappa shape index (κ1) is 17.9. The van der Waals surface area contributed by atoms with Crippen molar-refractivity contribution in [3.05, 3.63) is 29.8 Å². The molecule has 0 aliphatic carbocycles. The minimum Gasteiger partial charge on any atom is -0.325 e. The van der Waals surface area contributed by atoms with Gasteiger partial charge in [-0.2, -0.15) is 0 Å². The van der Waals surface area contributed by atoms with Gasteiger partial charge in [0.2, 0.25) is 5.91 Å². The summed E-state index contributed by atoms with van der Waals surface area (Å²) in [6.45, 7) is 8.88. The summed E-state index contributed by atoms with van der Waals surface area (Å²) in [6, 6.07) is 7.94. The van der Waals surface area contributed by atoms with Crippen LogP contribution in [0.3, 0.4) is 0 Å². The molecule has 1 aliphatic rings. The summed E-state index contributed by atoms with van der Waals surface area (Å²) in [5, 5.41) is 2.99. The Morgan fingerprint density at radius 1 is 1.17 bits per heavy atom. The van der Waals surface area contributed by atoms with E-state index >= 15 is 0 Å². The second-order valence-electron chi connectivity index (χ2n) is 6.69. The topological polar surface area (TPSA) is 38.8 Å². The zero-order chi connectivity index (χ0) is 16.7. The van der Waals surface area contributed by atoms with E-state index in [0.717, 1.165) is 50.5 Å². The van der Waals surface area contributed by atoms with Crippen LogP contribution in [0.25, 0.3) is 0 Å². The van der Waals surface area contributed by atoms with E-state index in [0.29, 0.717) is 6.54 Å². The van der Waals surface area contributed by atoms with Crippen LogP contribution in [0.5, 0.6) is 0 Å². The number of amides is 1. The third-order valence-corrected chi connectivity index (χ3v) is 4.21. The van der Waals surface area contributed by atoms with Gasteiger partial charge in [-0.05, 0) is 58.2 Å². The maximum atomic E-state index is 12.1. The Morgan fingerprint density at radius 3 is 2.52 bits per heavy atom. The van der Waals surface area contributed by atoms with Crippen molar-refractivity contribution >= 4 is 11.6 Å². The van der Waals surface area contributed by atoms with E-state index in [2.05, 4.69) is 34.1 Å². The van der Waals surface area contributed by atoms with Gasteiger partial charge in [0.1, 0.15) is 0 Å². The minimum absolute atomic E-state index is 0.0802. The molecule has 0 radical (unpaired) electrons. The van der Waals surface area contributed by atoms with Gasteiger partial charge in [0, 0.05) is 31.9 Å². The molecular formula is C18H30N4O. The molecule has 0 unspecified atom stereocenters. The van der Waals surface area contributed by atoms with E-state index in [-0.39, 0.29) is 5.91 Å². The largest absolute Gasteiger partial charge is 0.325 e. The summed E-state index contributed by atoms with van der Waals surface area (Å²) in [7, 11) is 4.23. The van der Waals surface area contributed by atoms with Crippen LogP contribution in [0.2, 0.25) is 0 Å². The maximum absolute atomic E-state index is 12.1. The predicted molar refractivity (Wildman–Crippen MR) is 95.9 cm³/mol. The Balaban J connectivity index is 1.66. The van der Waals surface area contributed by atoms with E-state index < -0.39 is 0 Å². The van der Waals surface area contributed by atoms with Crippen molar-refractivity contribution in [2.75, 3.05) is 65.2 Å². The zero-order valence-corrected chi connectivity index (χ0v) is 14.7. The Labute approximate surface area is 140 Å². The second kappa shape index (κ2) is 9.01. The standard InChI is InChI=1S/C18H30N4O/c1-16-6-4-7-17(14-16)19-18(23)15-22-12-10-21(11-13-22)9-5-8-20(2)3/h4,6-7,14H,5,8-13,15H2,1-3H3,(H,19,23). The van der Waals surface area contributed by atoms with E-state index in [1.54, 1.807) is 0 Å². The van der Waals surface area contributed by atoms with Gasteiger partial charge in [-0.25, -0.2) is 0 Å². The number of hydrogen-bond acceptors (Lipinski definition) is 4. The molecule has 5 heteroatoms. The first-order chi connectivity index (χ1) is 11.0. The molecule has 1 saturated heterocycles. The molecule has 1 amide bonds. The first-order valence-corrected chi connectivity index (χ1v) is 8.49. The molecule has 1 aromatic carbocycles. The summed E-state index contributed by atoms with van der Waals surface area (Å²) in [5.74, 6) is 0.0802. The first-order valence-electron chi connectivity index (χ1n) is 8.49. The van der Waals surface area contributed by atoms with Gasteiger partial charge in [0.05, 0.1) is 6.54 Å². The molecule has 0 bridgehead atoms. The molecular weight excluding hydrogens is 288 g/mol. The van der Waals surface area contributed by atoms with E-state index in [1.165, 1.54) is 6.42 Å². The number of benzene rings is 1. The van der Waals surface area contributed by atoms with Crippen molar-refractivity contribution in [1.82, 2.24) is 14.7 Å². The number of hydrogen-bond donors (Lipinski definition) is 1. The van der Waals surface area contributed by atoms with Crippen LogP contribution in [0.15, 0.2) is 24.3 Å². The van der Waals surface area contributed by atoms with E-state index in [4.69, 9.17) is 0 Å². The van der Waals surface area contributed by atoms with Crippen molar-refractivity contribution < 1.29 is 4.79 Å². The fourth-order valence-corrected chi connectivity index (χ4v) is 2.91. The van der Waals surface area contributed by atoms with Gasteiger partial charge in [0.25, 0.3) is 0 Å². The Bertz CT molecular complexity index is 496. The van der Waals surface area contributed by atoms with Crippen LogP contribution >= 0.6 is 0 Å². The van der Waals surface area contributed by atoms with Crippen molar-refractivity contribution in [2.45, 2.75) is 13.3 Å². The van der Waals surface area contributed by atoms with Gasteiger partial charge in [-0.3, -0.25) is 9.69 Å². The average Bonchev–Trinajstić information content (AvgIpc) is 2.48. The maximum Gasteiger partial charge on any atom is 0.238 e. The number of nitrogens with zero attached hydrogens (tertiary/aromatic N) is 3. The van der Waals surface area contributed by atoms with Gasteiger partial charge in [0.15, 0.2) is 0 Å². The van der Waals surface area contributed by atoms with Crippen molar-refractivity contribution in [3.8, 4) is 0 Å². The number of nitrogens with one attached hydrogen (secondary N) is 1. The molecule has 1 aliphatic heterocycles. The van der Waals surface area contributed by atoms with Gasteiger partial charge in [-0.1, -0.05) is 12.1 Å². The molecule has 2 rings (SSSR count). The SMILES string of the molecule is Cc1cccc(NC(=O)CN2CCN(CCCN(C)C)CC2)c1. The van der Waals surface area contributed by atoms with Crippen molar-refractivity contribution in [3.63, 3.8) is 0 Å². The molecule has 1 N–H and O–H groups in total. The second-order valence-corrected chi connectivity index (χ2v) is 6.69. The van der Waals surface area contributed by atoms with Crippen LogP contribution in [-0.4, -0.2) is 80.5 Å². The summed E-state index contributed by atoms with van der Waals surface area (Å²) >= 11 is 0. The molecule has 0 atom stereocenters. The molecule has 1 aromatic rings. The predicted octanol–water partition coefficient (Wildman–Crippen LogP) is 1.50. The molecule has 128 valence electrons. The number of rotatable bonds is 7. The average molecular weight is 318 g/mol. The number of anilines is 1. The lowest BCUT2D eigenvalue weighted by atomic mass is 10.2. The lowest BCUT2D eigenvalue weighted by Crippen LogP contribution is -2.48. The Morgan fingerprint density at radius 2 is 1.87 bits per heavy atom. The third kappa shape index (κ3) is 6.69. The highest BCUT2D eigenvalue weighted by molar-refractivity contribution is 5.92. The van der Waals surface area contributed by atoms with Crippen molar-refractivity contribution in [2.24, 2.45) is 0 Å². The smallest absolute Gasteiger partial charge is 0.238 e. The van der Waals surface area contributed by atoms with Gasteiger partial charge in [-0.15, -0.1) is 0 Å². The lowest BCUT2D eigenvalue weighted by molar-refractivity contribution is -0.117. The molecule has 0 spiro atoms. The van der Waals surface area contributed by atoms with Crippen LogP contribution in [0.1, 0.15) is 12.0 Å². The van der Waals surface area contributed by atoms with Crippen LogP contribution in [0.4, 0.5) is 5.69 Å². The molecule has 5 nitrogen and oxygen atoms in total. The number of carbonyl (C=O) groups is 1. The zero-order valence-electron chi connectivity index (χ0n) is 14.7. The van der Waals surface area contributed by atoms with Gasteiger partial charge >= 0.3 is 0 Å². The fraction of sp³-hybridized carbons (Fsp3) is 0.611. The molecule has 1 fully saturated rings. The molecule has 23 heavy (non-hydrogen) atoms. The van der Waals surface area contributed by atoms with Crippen LogP contribution < -0.4 is 5.32 Å². The third-order valence-electron chi connectivity index (χ3n) is 4.21. The summed E-state index contributed by atoms with van der Waals surface area (Å²) in [4.78, 5) is 19.1. The monoisotopic (exact) mass is 318 g/mol. The Kier molecular flexibility index (Phi) is 7.02.